The van der Waals surface area contributed by atoms with Crippen LogP contribution in [-0.2, 0) is 19.1 Å². The van der Waals surface area contributed by atoms with Crippen molar-refractivity contribution in [1.82, 2.24) is 10.6 Å². The van der Waals surface area contributed by atoms with Crippen molar-refractivity contribution in [3.63, 3.8) is 0 Å². The van der Waals surface area contributed by atoms with E-state index in [4.69, 9.17) is 10.00 Å². The summed E-state index contributed by atoms with van der Waals surface area (Å²) in [5, 5.41) is 14.2. The summed E-state index contributed by atoms with van der Waals surface area (Å²) in [6.45, 7) is 3.85. The lowest BCUT2D eigenvalue weighted by Crippen LogP contribution is -2.27. The van der Waals surface area contributed by atoms with Crippen molar-refractivity contribution in [2.75, 3.05) is 33.4 Å². The Morgan fingerprint density at radius 3 is 2.70 bits per heavy atom. The van der Waals surface area contributed by atoms with Gasteiger partial charge in [-0.1, -0.05) is 0 Å². The van der Waals surface area contributed by atoms with Crippen LogP contribution in [0.15, 0.2) is 11.8 Å². The van der Waals surface area contributed by atoms with Crippen LogP contribution in [0.5, 0.6) is 0 Å². The molecular weight excluding hydrogens is 262 g/mol. The summed E-state index contributed by atoms with van der Waals surface area (Å²) in [6.07, 6.45) is 2.15. The number of hydrogen-bond donors (Lipinski definition) is 2. The summed E-state index contributed by atoms with van der Waals surface area (Å²) in [5.41, 5.74) is -0.0359. The number of nitrogens with one attached hydrogen (secondary N) is 2. The minimum absolute atomic E-state index is 0.0359. The van der Waals surface area contributed by atoms with Gasteiger partial charge in [0, 0.05) is 32.5 Å². The maximum atomic E-state index is 11.6. The molecule has 0 aliphatic carbocycles. The van der Waals surface area contributed by atoms with Crippen LogP contribution in [0.25, 0.3) is 0 Å². The largest absolute Gasteiger partial charge is 0.469 e. The molecule has 112 valence electrons. The zero-order valence-electron chi connectivity index (χ0n) is 11.9. The van der Waals surface area contributed by atoms with Gasteiger partial charge in [0.15, 0.2) is 0 Å². The van der Waals surface area contributed by atoms with Crippen LogP contribution < -0.4 is 10.6 Å². The van der Waals surface area contributed by atoms with Crippen LogP contribution >= 0.6 is 0 Å². The van der Waals surface area contributed by atoms with Crippen molar-refractivity contribution >= 4 is 11.9 Å². The fraction of sp³-hybridized carbons (Fsp3) is 0.615. The maximum absolute atomic E-state index is 11.6. The fourth-order valence-electron chi connectivity index (χ4n) is 1.21. The molecule has 0 saturated carbocycles. The van der Waals surface area contributed by atoms with Crippen molar-refractivity contribution in [1.29, 1.82) is 5.26 Å². The molecule has 0 aliphatic heterocycles. The average molecular weight is 283 g/mol. The number of ether oxygens (including phenoxy) is 2. The Kier molecular flexibility index (Phi) is 10.7. The van der Waals surface area contributed by atoms with E-state index in [9.17, 15) is 9.59 Å². The quantitative estimate of drug-likeness (QED) is 0.255. The number of esters is 1. The van der Waals surface area contributed by atoms with E-state index in [1.165, 1.54) is 13.3 Å². The van der Waals surface area contributed by atoms with Crippen LogP contribution in [0.4, 0.5) is 0 Å². The van der Waals surface area contributed by atoms with Gasteiger partial charge in [-0.15, -0.1) is 0 Å². The molecule has 0 aromatic rings. The molecule has 0 aromatic carbocycles. The van der Waals surface area contributed by atoms with Crippen molar-refractivity contribution in [3.8, 4) is 6.07 Å². The topological polar surface area (TPSA) is 100 Å². The van der Waals surface area contributed by atoms with E-state index in [2.05, 4.69) is 15.4 Å². The first-order valence-corrected chi connectivity index (χ1v) is 6.42. The fourth-order valence-corrected chi connectivity index (χ4v) is 1.21. The highest BCUT2D eigenvalue weighted by molar-refractivity contribution is 5.97. The highest BCUT2D eigenvalue weighted by atomic mass is 16.5. The van der Waals surface area contributed by atoms with Crippen molar-refractivity contribution in [2.24, 2.45) is 0 Å². The smallest absolute Gasteiger partial charge is 0.307 e. The predicted molar refractivity (Wildman–Crippen MR) is 72.5 cm³/mol. The molecule has 0 heterocycles. The number of carbonyl (C=O) groups is 2. The van der Waals surface area contributed by atoms with Gasteiger partial charge < -0.3 is 20.1 Å². The van der Waals surface area contributed by atoms with Crippen molar-refractivity contribution < 1.29 is 19.1 Å². The molecule has 1 amide bonds. The third-order valence-electron chi connectivity index (χ3n) is 2.27. The Morgan fingerprint density at radius 1 is 1.35 bits per heavy atom. The molecule has 7 nitrogen and oxygen atoms in total. The number of hydrogen-bond acceptors (Lipinski definition) is 6. The summed E-state index contributed by atoms with van der Waals surface area (Å²) in [4.78, 5) is 22.5. The first kappa shape index (κ1) is 17.9. The number of carbonyl (C=O) groups excluding carboxylic acids is 2. The maximum Gasteiger partial charge on any atom is 0.307 e. The zero-order chi connectivity index (χ0) is 15.2. The summed E-state index contributed by atoms with van der Waals surface area (Å²) in [5.74, 6) is -0.806. The molecular formula is C13H21N3O4. The second kappa shape index (κ2) is 12.0. The van der Waals surface area contributed by atoms with E-state index < -0.39 is 5.91 Å². The molecule has 20 heavy (non-hydrogen) atoms. The zero-order valence-corrected chi connectivity index (χ0v) is 11.9. The van der Waals surface area contributed by atoms with Crippen LogP contribution in [0.2, 0.25) is 0 Å². The standard InChI is InChI=1S/C13H21N3O4/c1-3-20-8-4-6-16-13(18)11(9-14)10-15-7-5-12(17)19-2/h10,15H,3-8H2,1-2H3,(H,16,18)/b11-10-. The van der Waals surface area contributed by atoms with E-state index in [1.54, 1.807) is 6.07 Å². The Hall–Kier alpha value is -2.07. The van der Waals surface area contributed by atoms with E-state index in [-0.39, 0.29) is 18.0 Å². The average Bonchev–Trinajstić information content (AvgIpc) is 2.46. The van der Waals surface area contributed by atoms with E-state index >= 15 is 0 Å². The highest BCUT2D eigenvalue weighted by Gasteiger charge is 2.07. The molecule has 0 aliphatic rings. The van der Waals surface area contributed by atoms with Crippen LogP contribution in [0.1, 0.15) is 19.8 Å². The molecule has 0 atom stereocenters. The monoisotopic (exact) mass is 283 g/mol. The molecule has 0 aromatic heterocycles. The summed E-state index contributed by atoms with van der Waals surface area (Å²) >= 11 is 0. The lowest BCUT2D eigenvalue weighted by Gasteiger charge is -2.05. The van der Waals surface area contributed by atoms with Gasteiger partial charge in [0.25, 0.3) is 5.91 Å². The van der Waals surface area contributed by atoms with Gasteiger partial charge in [0.05, 0.1) is 13.5 Å². The van der Waals surface area contributed by atoms with Gasteiger partial charge in [-0.2, -0.15) is 5.26 Å². The van der Waals surface area contributed by atoms with E-state index in [1.807, 2.05) is 6.92 Å². The normalized spacial score (nSPS) is 10.6. The first-order valence-electron chi connectivity index (χ1n) is 6.42. The molecule has 0 saturated heterocycles. The molecule has 7 heteroatoms. The van der Waals surface area contributed by atoms with E-state index in [0.717, 1.165) is 0 Å². The number of nitriles is 1. The highest BCUT2D eigenvalue weighted by Crippen LogP contribution is 1.91. The Bertz CT molecular complexity index is 374. The second-order valence-electron chi connectivity index (χ2n) is 3.76. The molecule has 2 N–H and O–H groups in total. The Morgan fingerprint density at radius 2 is 2.10 bits per heavy atom. The van der Waals surface area contributed by atoms with Crippen LogP contribution in [-0.4, -0.2) is 45.3 Å². The van der Waals surface area contributed by atoms with Gasteiger partial charge in [-0.05, 0) is 13.3 Å². The van der Waals surface area contributed by atoms with Gasteiger partial charge in [-0.3, -0.25) is 9.59 Å². The SMILES string of the molecule is CCOCCCNC(=O)/C(C#N)=C\NCCC(=O)OC. The number of rotatable bonds is 10. The summed E-state index contributed by atoms with van der Waals surface area (Å²) < 4.78 is 9.59. The van der Waals surface area contributed by atoms with Gasteiger partial charge >= 0.3 is 5.97 Å². The lowest BCUT2D eigenvalue weighted by molar-refractivity contribution is -0.140. The van der Waals surface area contributed by atoms with Crippen LogP contribution in [0.3, 0.4) is 0 Å². The van der Waals surface area contributed by atoms with Crippen LogP contribution in [0, 0.1) is 11.3 Å². The lowest BCUT2D eigenvalue weighted by atomic mass is 10.3. The van der Waals surface area contributed by atoms with Crippen molar-refractivity contribution in [3.05, 3.63) is 11.8 Å². The third kappa shape index (κ3) is 8.94. The minimum atomic E-state index is -0.449. The minimum Gasteiger partial charge on any atom is -0.469 e. The third-order valence-corrected chi connectivity index (χ3v) is 2.27. The summed E-state index contributed by atoms with van der Waals surface area (Å²) in [7, 11) is 1.30. The van der Waals surface area contributed by atoms with Gasteiger partial charge in [0.2, 0.25) is 0 Å². The molecule has 0 unspecified atom stereocenters. The number of methoxy groups -OCH3 is 1. The molecule has 0 rings (SSSR count). The summed E-state index contributed by atoms with van der Waals surface area (Å²) in [6, 6.07) is 1.80. The number of nitrogens with zero attached hydrogens (tertiary/aromatic N) is 1. The second-order valence-corrected chi connectivity index (χ2v) is 3.76. The molecule has 0 fully saturated rings. The van der Waals surface area contributed by atoms with E-state index in [0.29, 0.717) is 32.7 Å². The Balaban J connectivity index is 3.95. The van der Waals surface area contributed by atoms with Crippen molar-refractivity contribution in [2.45, 2.75) is 19.8 Å². The number of amides is 1. The molecule has 0 spiro atoms. The first-order chi connectivity index (χ1) is 9.65. The van der Waals surface area contributed by atoms with Gasteiger partial charge in [-0.25, -0.2) is 0 Å². The molecule has 0 bridgehead atoms. The van der Waals surface area contributed by atoms with Gasteiger partial charge in [0.1, 0.15) is 11.6 Å². The predicted octanol–water partition coefficient (Wildman–Crippen LogP) is 0.0894. The molecule has 0 radical (unpaired) electrons. The Labute approximate surface area is 118 Å².